The molecular weight excluding hydrogens is 478 g/mol. The van der Waals surface area contributed by atoms with Gasteiger partial charge in [0.2, 0.25) is 5.95 Å². The molecule has 0 saturated heterocycles. The van der Waals surface area contributed by atoms with E-state index in [1.807, 2.05) is 36.0 Å². The van der Waals surface area contributed by atoms with Gasteiger partial charge in [0.15, 0.2) is 0 Å². The van der Waals surface area contributed by atoms with Crippen LogP contribution in [-0.2, 0) is 0 Å². The zero-order valence-electron chi connectivity index (χ0n) is 21.8. The summed E-state index contributed by atoms with van der Waals surface area (Å²) in [7, 11) is 0. The maximum atomic E-state index is 13.0. The largest absolute Gasteiger partial charge is 0.396 e. The van der Waals surface area contributed by atoms with Gasteiger partial charge in [-0.3, -0.25) is 9.48 Å². The van der Waals surface area contributed by atoms with E-state index in [-0.39, 0.29) is 24.6 Å². The number of nitrogens with zero attached hydrogens (tertiary/aromatic N) is 6. The van der Waals surface area contributed by atoms with Crippen LogP contribution in [0.4, 0.5) is 11.6 Å². The van der Waals surface area contributed by atoms with E-state index in [1.54, 1.807) is 29.4 Å². The zero-order valence-corrected chi connectivity index (χ0v) is 21.8. The predicted molar refractivity (Wildman–Crippen MR) is 146 cm³/mol. The molecule has 198 valence electrons. The molecule has 4 rings (SSSR count). The van der Waals surface area contributed by atoms with Crippen molar-refractivity contribution in [3.63, 3.8) is 0 Å². The van der Waals surface area contributed by atoms with Crippen LogP contribution in [0.2, 0.25) is 0 Å². The number of aromatic nitrogens is 4. The number of rotatable bonds is 12. The molecule has 0 radical (unpaired) electrons. The summed E-state index contributed by atoms with van der Waals surface area (Å²) in [6, 6.07) is 11.3. The predicted octanol–water partition coefficient (Wildman–Crippen LogP) is 5.48. The van der Waals surface area contributed by atoms with Crippen LogP contribution in [0.5, 0.6) is 0 Å². The van der Waals surface area contributed by atoms with E-state index < -0.39 is 0 Å². The highest BCUT2D eigenvalue weighted by Gasteiger charge is 2.27. The number of nitrogens with one attached hydrogen (secondary N) is 1. The van der Waals surface area contributed by atoms with E-state index in [4.69, 9.17) is 0 Å². The van der Waals surface area contributed by atoms with Crippen LogP contribution < -0.4 is 5.32 Å². The lowest BCUT2D eigenvalue weighted by Gasteiger charge is -2.27. The highest BCUT2D eigenvalue weighted by molar-refractivity contribution is 5.95. The molecule has 0 bridgehead atoms. The molecule has 2 atom stereocenters. The molecule has 1 unspecified atom stereocenters. The van der Waals surface area contributed by atoms with Crippen molar-refractivity contribution in [3.8, 4) is 17.3 Å². The Kier molecular flexibility index (Phi) is 9.22. The van der Waals surface area contributed by atoms with Gasteiger partial charge < -0.3 is 15.3 Å². The van der Waals surface area contributed by atoms with Crippen molar-refractivity contribution in [1.82, 2.24) is 24.6 Å². The van der Waals surface area contributed by atoms with Gasteiger partial charge in [0, 0.05) is 48.1 Å². The second-order valence-corrected chi connectivity index (χ2v) is 9.62. The second kappa shape index (κ2) is 13.0. The number of aliphatic hydroxyl groups is 1. The van der Waals surface area contributed by atoms with E-state index in [9.17, 15) is 15.2 Å². The third kappa shape index (κ3) is 6.26. The first-order valence-electron chi connectivity index (χ1n) is 13.3. The van der Waals surface area contributed by atoms with Crippen molar-refractivity contribution in [2.75, 3.05) is 11.9 Å². The minimum Gasteiger partial charge on any atom is -0.396 e. The Balaban J connectivity index is 1.46. The zero-order chi connectivity index (χ0) is 26.9. The molecule has 2 aromatic heterocycles. The molecule has 3 aromatic rings. The van der Waals surface area contributed by atoms with Crippen molar-refractivity contribution in [2.24, 2.45) is 5.92 Å². The van der Waals surface area contributed by atoms with Crippen LogP contribution in [-0.4, -0.2) is 48.3 Å². The average molecular weight is 514 g/mol. The van der Waals surface area contributed by atoms with Crippen LogP contribution in [0.25, 0.3) is 11.3 Å². The third-order valence-electron chi connectivity index (χ3n) is 7.28. The Hall–Kier alpha value is -4.03. The van der Waals surface area contributed by atoms with Crippen molar-refractivity contribution >= 4 is 17.5 Å². The molecule has 9 heteroatoms. The molecular formula is C29H35N7O2. The van der Waals surface area contributed by atoms with Crippen LogP contribution in [0.15, 0.2) is 61.7 Å². The van der Waals surface area contributed by atoms with E-state index in [0.717, 1.165) is 36.2 Å². The van der Waals surface area contributed by atoms with Gasteiger partial charge >= 0.3 is 0 Å². The third-order valence-corrected chi connectivity index (χ3v) is 7.28. The summed E-state index contributed by atoms with van der Waals surface area (Å²) in [4.78, 5) is 23.6. The van der Waals surface area contributed by atoms with Crippen molar-refractivity contribution in [2.45, 2.75) is 64.0 Å². The number of nitriles is 1. The molecule has 0 spiro atoms. The van der Waals surface area contributed by atoms with Crippen LogP contribution >= 0.6 is 0 Å². The fourth-order valence-corrected chi connectivity index (χ4v) is 5.20. The van der Waals surface area contributed by atoms with Crippen LogP contribution in [0, 0.1) is 17.2 Å². The number of anilines is 2. The standard InChI is InChI=1S/C29H35N7O2/c1-3-25(15-18-37)35(4-2)28(38)22-9-11-24(12-10-22)33-29-31-17-14-26(34-29)23-19-32-36(20-23)27(13-16-30)21-7-5-6-8-21/h4,9-12,14,17,19-21,25,27,37H,2-3,5-8,13,15,18H2,1H3,(H,31,33,34)/t25-,27?/m1/s1. The Morgan fingerprint density at radius 3 is 2.74 bits per heavy atom. The SMILES string of the molecule is C=CN(C(=O)c1ccc(Nc2nccc(-c3cnn(C(CC#N)C4CCCC4)c3)n2)cc1)[C@H](CC)CCO. The van der Waals surface area contributed by atoms with E-state index >= 15 is 0 Å². The fraction of sp³-hybridized carbons (Fsp3) is 0.414. The van der Waals surface area contributed by atoms with Gasteiger partial charge in [0.05, 0.1) is 30.4 Å². The summed E-state index contributed by atoms with van der Waals surface area (Å²) >= 11 is 0. The quantitative estimate of drug-likeness (QED) is 0.329. The van der Waals surface area contributed by atoms with E-state index in [2.05, 4.69) is 33.0 Å². The van der Waals surface area contributed by atoms with Gasteiger partial charge in [0.25, 0.3) is 5.91 Å². The average Bonchev–Trinajstić information content (AvgIpc) is 3.65. The minimum absolute atomic E-state index is 0.0137. The molecule has 2 heterocycles. The first-order chi connectivity index (χ1) is 18.6. The Morgan fingerprint density at radius 1 is 1.32 bits per heavy atom. The highest BCUT2D eigenvalue weighted by Crippen LogP contribution is 2.36. The summed E-state index contributed by atoms with van der Waals surface area (Å²) in [6.45, 7) is 5.78. The molecule has 1 fully saturated rings. The van der Waals surface area contributed by atoms with Gasteiger partial charge in [0.1, 0.15) is 0 Å². The van der Waals surface area contributed by atoms with Crippen LogP contribution in [0.3, 0.4) is 0 Å². The van der Waals surface area contributed by atoms with Gasteiger partial charge in [-0.1, -0.05) is 26.3 Å². The lowest BCUT2D eigenvalue weighted by Crippen LogP contribution is -2.36. The Labute approximate surface area is 223 Å². The summed E-state index contributed by atoms with van der Waals surface area (Å²) in [5.41, 5.74) is 2.88. The second-order valence-electron chi connectivity index (χ2n) is 9.62. The first-order valence-corrected chi connectivity index (χ1v) is 13.3. The molecule has 1 aliphatic rings. The summed E-state index contributed by atoms with van der Waals surface area (Å²) in [5, 5.41) is 26.4. The topological polar surface area (TPSA) is 120 Å². The highest BCUT2D eigenvalue weighted by atomic mass is 16.3. The number of hydrogen-bond acceptors (Lipinski definition) is 7. The molecule has 1 aliphatic carbocycles. The summed E-state index contributed by atoms with van der Waals surface area (Å²) in [6.07, 6.45) is 13.4. The number of hydrogen-bond donors (Lipinski definition) is 2. The number of carbonyl (C=O) groups excluding carboxylic acids is 1. The number of aliphatic hydroxyl groups excluding tert-OH is 1. The van der Waals surface area contributed by atoms with E-state index in [0.29, 0.717) is 30.3 Å². The number of benzene rings is 1. The molecule has 1 amide bonds. The maximum absolute atomic E-state index is 13.0. The molecule has 1 aromatic carbocycles. The summed E-state index contributed by atoms with van der Waals surface area (Å²) < 4.78 is 1.93. The molecule has 1 saturated carbocycles. The maximum Gasteiger partial charge on any atom is 0.258 e. The molecule has 0 aliphatic heterocycles. The molecule has 2 N–H and O–H groups in total. The van der Waals surface area contributed by atoms with Crippen molar-refractivity contribution < 1.29 is 9.90 Å². The van der Waals surface area contributed by atoms with E-state index in [1.165, 1.54) is 19.0 Å². The Bertz CT molecular complexity index is 1260. The monoisotopic (exact) mass is 513 g/mol. The normalized spacial score (nSPS) is 15.0. The first kappa shape index (κ1) is 27.0. The van der Waals surface area contributed by atoms with Crippen molar-refractivity contribution in [1.29, 1.82) is 5.26 Å². The lowest BCUT2D eigenvalue weighted by atomic mass is 9.96. The van der Waals surface area contributed by atoms with Gasteiger partial charge in [-0.2, -0.15) is 10.4 Å². The van der Waals surface area contributed by atoms with Gasteiger partial charge in [-0.05, 0) is 61.9 Å². The van der Waals surface area contributed by atoms with Crippen LogP contribution in [0.1, 0.15) is 68.3 Å². The Morgan fingerprint density at radius 2 is 2.08 bits per heavy atom. The smallest absolute Gasteiger partial charge is 0.258 e. The fourth-order valence-electron chi connectivity index (χ4n) is 5.20. The summed E-state index contributed by atoms with van der Waals surface area (Å²) in [5.74, 6) is 0.760. The minimum atomic E-state index is -0.158. The van der Waals surface area contributed by atoms with Crippen molar-refractivity contribution in [3.05, 3.63) is 67.3 Å². The molecule has 9 nitrogen and oxygen atoms in total. The number of amides is 1. The molecule has 38 heavy (non-hydrogen) atoms. The van der Waals surface area contributed by atoms with Gasteiger partial charge in [-0.25, -0.2) is 9.97 Å². The lowest BCUT2D eigenvalue weighted by molar-refractivity contribution is 0.0744. The number of carbonyl (C=O) groups is 1. The van der Waals surface area contributed by atoms with Gasteiger partial charge in [-0.15, -0.1) is 0 Å².